The number of halogens is 2. The Labute approximate surface area is 163 Å². The highest BCUT2D eigenvalue weighted by molar-refractivity contribution is 7.89. The van der Waals surface area contributed by atoms with Crippen LogP contribution in [-0.2, 0) is 10.0 Å². The summed E-state index contributed by atoms with van der Waals surface area (Å²) in [5, 5.41) is 1.01. The van der Waals surface area contributed by atoms with E-state index < -0.39 is 10.0 Å². The maximum absolute atomic E-state index is 12.7. The second kappa shape index (κ2) is 8.13. The van der Waals surface area contributed by atoms with Crippen molar-refractivity contribution in [1.29, 1.82) is 0 Å². The molecule has 1 N–H and O–H groups in total. The molecule has 1 aliphatic rings. The van der Waals surface area contributed by atoms with Crippen LogP contribution in [0.25, 0.3) is 0 Å². The smallest absolute Gasteiger partial charge is 0.241 e. The molecule has 140 valence electrons. The van der Waals surface area contributed by atoms with Gasteiger partial charge in [0.2, 0.25) is 15.9 Å². The van der Waals surface area contributed by atoms with Crippen molar-refractivity contribution in [1.82, 2.24) is 9.71 Å². The van der Waals surface area contributed by atoms with Gasteiger partial charge in [-0.05, 0) is 56.4 Å². The largest absolute Gasteiger partial charge is 0.474 e. The fraction of sp³-hybridized carbons (Fsp3) is 0.389. The average Bonchev–Trinajstić information content (AvgIpc) is 2.60. The van der Waals surface area contributed by atoms with Gasteiger partial charge in [0.05, 0.1) is 9.92 Å². The van der Waals surface area contributed by atoms with Crippen LogP contribution in [0, 0.1) is 6.92 Å². The Kier molecular flexibility index (Phi) is 6.07. The predicted octanol–water partition coefficient (Wildman–Crippen LogP) is 4.37. The summed E-state index contributed by atoms with van der Waals surface area (Å²) >= 11 is 11.9. The van der Waals surface area contributed by atoms with Crippen LogP contribution in [0.4, 0.5) is 0 Å². The Balaban J connectivity index is 1.58. The summed E-state index contributed by atoms with van der Waals surface area (Å²) in [5.74, 6) is 0.535. The van der Waals surface area contributed by atoms with Gasteiger partial charge in [0.15, 0.2) is 0 Å². The number of aromatic nitrogens is 1. The van der Waals surface area contributed by atoms with Gasteiger partial charge in [-0.25, -0.2) is 18.1 Å². The van der Waals surface area contributed by atoms with Crippen LogP contribution in [0.2, 0.25) is 10.0 Å². The molecule has 1 heterocycles. The van der Waals surface area contributed by atoms with E-state index in [-0.39, 0.29) is 17.0 Å². The first-order valence-electron chi connectivity index (χ1n) is 8.41. The van der Waals surface area contributed by atoms with E-state index in [9.17, 15) is 8.42 Å². The van der Waals surface area contributed by atoms with E-state index >= 15 is 0 Å². The van der Waals surface area contributed by atoms with Crippen LogP contribution in [0.5, 0.6) is 5.88 Å². The Morgan fingerprint density at radius 3 is 2.50 bits per heavy atom. The van der Waals surface area contributed by atoms with Crippen molar-refractivity contribution >= 4 is 33.2 Å². The first-order chi connectivity index (χ1) is 12.3. The molecule has 0 atom stereocenters. The van der Waals surface area contributed by atoms with Crippen LogP contribution >= 0.6 is 23.2 Å². The van der Waals surface area contributed by atoms with E-state index in [1.54, 1.807) is 43.5 Å². The molecule has 2 aromatic rings. The van der Waals surface area contributed by atoms with Crippen LogP contribution in [-0.4, -0.2) is 25.5 Å². The molecular weight excluding hydrogens is 395 g/mol. The standard InChI is InChI=1S/C18H20Cl2N2O3S/c1-12-16(20)3-2-4-17(12)26(23,24)22-14-6-8-15(9-7-14)25-18-10-5-13(19)11-21-18/h2-5,10-11,14-15,22H,6-9H2,1H3. The average molecular weight is 415 g/mol. The van der Waals surface area contributed by atoms with Gasteiger partial charge in [-0.15, -0.1) is 0 Å². The Morgan fingerprint density at radius 1 is 1.12 bits per heavy atom. The first-order valence-corrected chi connectivity index (χ1v) is 10.6. The fourth-order valence-electron chi connectivity index (χ4n) is 3.06. The third-order valence-electron chi connectivity index (χ3n) is 4.49. The summed E-state index contributed by atoms with van der Waals surface area (Å²) in [6.45, 7) is 1.71. The van der Waals surface area contributed by atoms with Crippen molar-refractivity contribution < 1.29 is 13.2 Å². The molecule has 1 aliphatic carbocycles. The van der Waals surface area contributed by atoms with E-state index in [0.717, 1.165) is 12.8 Å². The normalized spacial score (nSPS) is 20.7. The van der Waals surface area contributed by atoms with Crippen molar-refractivity contribution in [2.45, 2.75) is 49.6 Å². The van der Waals surface area contributed by atoms with E-state index in [1.807, 2.05) is 0 Å². The molecule has 1 aromatic carbocycles. The summed E-state index contributed by atoms with van der Waals surface area (Å²) < 4.78 is 33.9. The minimum absolute atomic E-state index is 0.0253. The summed E-state index contributed by atoms with van der Waals surface area (Å²) in [5.41, 5.74) is 0.562. The van der Waals surface area contributed by atoms with Crippen molar-refractivity contribution in [3.8, 4) is 5.88 Å². The lowest BCUT2D eigenvalue weighted by molar-refractivity contribution is 0.138. The molecule has 1 aromatic heterocycles. The number of hydrogen-bond acceptors (Lipinski definition) is 4. The molecule has 5 nitrogen and oxygen atoms in total. The molecular formula is C18H20Cl2N2O3S. The molecule has 3 rings (SSSR count). The molecule has 1 saturated carbocycles. The Hall–Kier alpha value is -1.34. The number of nitrogens with one attached hydrogen (secondary N) is 1. The lowest BCUT2D eigenvalue weighted by Crippen LogP contribution is -2.39. The van der Waals surface area contributed by atoms with Crippen LogP contribution < -0.4 is 9.46 Å². The summed E-state index contributed by atoms with van der Waals surface area (Å²) in [4.78, 5) is 4.36. The number of benzene rings is 1. The highest BCUT2D eigenvalue weighted by Gasteiger charge is 2.27. The van der Waals surface area contributed by atoms with Crippen LogP contribution in [0.1, 0.15) is 31.2 Å². The number of sulfonamides is 1. The minimum Gasteiger partial charge on any atom is -0.474 e. The molecule has 0 saturated heterocycles. The van der Waals surface area contributed by atoms with Gasteiger partial charge in [0.25, 0.3) is 0 Å². The van der Waals surface area contributed by atoms with Gasteiger partial charge in [0, 0.05) is 23.3 Å². The first kappa shape index (κ1) is 19.4. The number of hydrogen-bond donors (Lipinski definition) is 1. The van der Waals surface area contributed by atoms with E-state index in [4.69, 9.17) is 27.9 Å². The summed E-state index contributed by atoms with van der Waals surface area (Å²) in [7, 11) is -3.60. The van der Waals surface area contributed by atoms with Crippen molar-refractivity contribution in [2.24, 2.45) is 0 Å². The van der Waals surface area contributed by atoms with Gasteiger partial charge in [0.1, 0.15) is 6.10 Å². The fourth-order valence-corrected chi connectivity index (χ4v) is 4.98. The van der Waals surface area contributed by atoms with E-state index in [0.29, 0.717) is 34.3 Å². The molecule has 26 heavy (non-hydrogen) atoms. The highest BCUT2D eigenvalue weighted by Crippen LogP contribution is 2.27. The summed E-state index contributed by atoms with van der Waals surface area (Å²) in [6, 6.07) is 8.26. The highest BCUT2D eigenvalue weighted by atomic mass is 35.5. The van der Waals surface area contributed by atoms with Gasteiger partial charge < -0.3 is 4.74 Å². The zero-order chi connectivity index (χ0) is 18.7. The molecule has 0 spiro atoms. The van der Waals surface area contributed by atoms with Gasteiger partial charge in [-0.2, -0.15) is 0 Å². The maximum atomic E-state index is 12.7. The van der Waals surface area contributed by atoms with Crippen molar-refractivity contribution in [2.75, 3.05) is 0 Å². The molecule has 0 unspecified atom stereocenters. The molecule has 0 amide bonds. The number of pyridine rings is 1. The monoisotopic (exact) mass is 414 g/mol. The van der Waals surface area contributed by atoms with Crippen molar-refractivity contribution in [3.63, 3.8) is 0 Å². The van der Waals surface area contributed by atoms with Crippen LogP contribution in [0.3, 0.4) is 0 Å². The quantitative estimate of drug-likeness (QED) is 0.788. The number of nitrogens with zero attached hydrogens (tertiary/aromatic N) is 1. The van der Waals surface area contributed by atoms with E-state index in [1.165, 1.54) is 0 Å². The molecule has 1 fully saturated rings. The molecule has 8 heteroatoms. The zero-order valence-electron chi connectivity index (χ0n) is 14.3. The van der Waals surface area contributed by atoms with Gasteiger partial charge in [-0.3, -0.25) is 0 Å². The molecule has 0 aliphatic heterocycles. The predicted molar refractivity (Wildman–Crippen MR) is 102 cm³/mol. The van der Waals surface area contributed by atoms with Crippen molar-refractivity contribution in [3.05, 3.63) is 52.1 Å². The lowest BCUT2D eigenvalue weighted by Gasteiger charge is -2.29. The second-order valence-corrected chi connectivity index (χ2v) is 8.92. The maximum Gasteiger partial charge on any atom is 0.241 e. The topological polar surface area (TPSA) is 68.3 Å². The third kappa shape index (κ3) is 4.68. The molecule has 0 radical (unpaired) electrons. The zero-order valence-corrected chi connectivity index (χ0v) is 16.6. The van der Waals surface area contributed by atoms with E-state index in [2.05, 4.69) is 9.71 Å². The van der Waals surface area contributed by atoms with Gasteiger partial charge in [-0.1, -0.05) is 29.3 Å². The Bertz CT molecular complexity index is 865. The van der Waals surface area contributed by atoms with Crippen LogP contribution in [0.15, 0.2) is 41.4 Å². The molecule has 0 bridgehead atoms. The third-order valence-corrected chi connectivity index (χ3v) is 6.79. The Morgan fingerprint density at radius 2 is 1.85 bits per heavy atom. The minimum atomic E-state index is -3.60. The SMILES string of the molecule is Cc1c(Cl)cccc1S(=O)(=O)NC1CCC(Oc2ccc(Cl)cn2)CC1. The van der Waals surface area contributed by atoms with Gasteiger partial charge >= 0.3 is 0 Å². The number of ether oxygens (including phenoxy) is 1. The lowest BCUT2D eigenvalue weighted by atomic mass is 9.94. The second-order valence-electron chi connectivity index (χ2n) is 6.39. The summed E-state index contributed by atoms with van der Waals surface area (Å²) in [6.07, 6.45) is 4.49. The number of rotatable bonds is 5.